The van der Waals surface area contributed by atoms with E-state index in [4.69, 9.17) is 4.74 Å². The molecule has 0 unspecified atom stereocenters. The number of carbonyl (C=O) groups excluding carboxylic acids is 2. The van der Waals surface area contributed by atoms with E-state index in [1.165, 1.54) is 5.01 Å². The normalized spacial score (nSPS) is 31.3. The van der Waals surface area contributed by atoms with Crippen LogP contribution in [0, 0.1) is 11.8 Å². The van der Waals surface area contributed by atoms with E-state index in [1.54, 1.807) is 0 Å². The lowest BCUT2D eigenvalue weighted by atomic mass is 9.93. The SMILES string of the molecule is CC(C)[C@@H]1OCC[C@@H]1CNC(=O)C1=NN([C@@H]2CCS(=O)(=O)C2)C(=O)CC1. The summed E-state index contributed by atoms with van der Waals surface area (Å²) in [6.07, 6.45) is 1.91. The van der Waals surface area contributed by atoms with Gasteiger partial charge in [0.15, 0.2) is 9.84 Å². The van der Waals surface area contributed by atoms with Gasteiger partial charge in [-0.15, -0.1) is 0 Å². The maximum Gasteiger partial charge on any atom is 0.267 e. The van der Waals surface area contributed by atoms with Crippen LogP contribution in [0.4, 0.5) is 0 Å². The number of hydrogen-bond acceptors (Lipinski definition) is 6. The summed E-state index contributed by atoms with van der Waals surface area (Å²) in [4.78, 5) is 24.6. The van der Waals surface area contributed by atoms with Gasteiger partial charge in [-0.2, -0.15) is 5.10 Å². The summed E-state index contributed by atoms with van der Waals surface area (Å²) < 4.78 is 29.1. The van der Waals surface area contributed by atoms with Crippen molar-refractivity contribution < 1.29 is 22.7 Å². The third kappa shape index (κ3) is 4.25. The number of hydrazone groups is 1. The van der Waals surface area contributed by atoms with Crippen molar-refractivity contribution in [1.29, 1.82) is 0 Å². The Balaban J connectivity index is 1.61. The van der Waals surface area contributed by atoms with E-state index in [-0.39, 0.29) is 48.2 Å². The topological polar surface area (TPSA) is 105 Å². The van der Waals surface area contributed by atoms with Gasteiger partial charge in [0.2, 0.25) is 5.91 Å². The molecule has 0 saturated carbocycles. The van der Waals surface area contributed by atoms with Crippen LogP contribution in [0.25, 0.3) is 0 Å². The Hall–Kier alpha value is -1.48. The molecule has 0 aliphatic carbocycles. The fourth-order valence-electron chi connectivity index (χ4n) is 3.92. The minimum atomic E-state index is -3.12. The number of nitrogens with one attached hydrogen (secondary N) is 1. The highest BCUT2D eigenvalue weighted by molar-refractivity contribution is 7.91. The predicted molar refractivity (Wildman–Crippen MR) is 96.3 cm³/mol. The molecule has 1 N–H and O–H groups in total. The second-order valence-corrected chi connectivity index (χ2v) is 9.91. The van der Waals surface area contributed by atoms with E-state index < -0.39 is 15.9 Å². The average molecular weight is 385 g/mol. The van der Waals surface area contributed by atoms with E-state index in [0.717, 1.165) is 6.42 Å². The molecule has 8 nitrogen and oxygen atoms in total. The van der Waals surface area contributed by atoms with Crippen LogP contribution in [0.5, 0.6) is 0 Å². The van der Waals surface area contributed by atoms with Gasteiger partial charge in [0, 0.05) is 31.9 Å². The minimum Gasteiger partial charge on any atom is -0.378 e. The summed E-state index contributed by atoms with van der Waals surface area (Å²) in [5, 5.41) is 8.34. The van der Waals surface area contributed by atoms with Gasteiger partial charge in [-0.1, -0.05) is 13.8 Å². The Morgan fingerprint density at radius 1 is 1.35 bits per heavy atom. The highest BCUT2D eigenvalue weighted by atomic mass is 32.2. The number of hydrogen-bond donors (Lipinski definition) is 1. The molecule has 3 atom stereocenters. The average Bonchev–Trinajstić information content (AvgIpc) is 3.19. The number of rotatable bonds is 5. The fourth-order valence-corrected chi connectivity index (χ4v) is 5.62. The molecular weight excluding hydrogens is 358 g/mol. The summed E-state index contributed by atoms with van der Waals surface area (Å²) in [6, 6.07) is -0.454. The van der Waals surface area contributed by atoms with Gasteiger partial charge in [-0.05, 0) is 18.8 Å². The van der Waals surface area contributed by atoms with E-state index in [2.05, 4.69) is 24.3 Å². The highest BCUT2D eigenvalue weighted by Crippen LogP contribution is 2.26. The van der Waals surface area contributed by atoms with Crippen molar-refractivity contribution in [3.05, 3.63) is 0 Å². The molecule has 0 aromatic rings. The molecule has 3 heterocycles. The molecule has 146 valence electrons. The lowest BCUT2D eigenvalue weighted by molar-refractivity contribution is -0.133. The van der Waals surface area contributed by atoms with Crippen molar-refractivity contribution in [2.45, 2.75) is 51.7 Å². The Bertz CT molecular complexity index is 703. The first-order valence-corrected chi connectivity index (χ1v) is 11.1. The maximum absolute atomic E-state index is 12.5. The standard InChI is InChI=1S/C17H27N3O5S/c1-11(2)16-12(5-7-25-16)9-18-17(22)14-3-4-15(21)20(19-14)13-6-8-26(23,24)10-13/h11-13,16H,3-10H2,1-2H3,(H,18,22)/t12-,13-,16+/m1/s1. The van der Waals surface area contributed by atoms with Crippen LogP contribution in [0.1, 0.15) is 39.5 Å². The molecule has 2 fully saturated rings. The zero-order valence-electron chi connectivity index (χ0n) is 15.3. The van der Waals surface area contributed by atoms with Gasteiger partial charge in [0.1, 0.15) is 5.71 Å². The molecule has 3 rings (SSSR count). The largest absolute Gasteiger partial charge is 0.378 e. The summed E-state index contributed by atoms with van der Waals surface area (Å²) in [5.74, 6) is 0.166. The molecular formula is C17H27N3O5S. The second-order valence-electron chi connectivity index (χ2n) is 7.68. The summed E-state index contributed by atoms with van der Waals surface area (Å²) in [5.41, 5.74) is 0.300. The molecule has 0 radical (unpaired) electrons. The zero-order chi connectivity index (χ0) is 18.9. The monoisotopic (exact) mass is 385 g/mol. The van der Waals surface area contributed by atoms with Crippen LogP contribution in [0.2, 0.25) is 0 Å². The first-order valence-electron chi connectivity index (χ1n) is 9.26. The number of ether oxygens (including phenoxy) is 1. The number of nitrogens with zero attached hydrogens (tertiary/aromatic N) is 2. The summed E-state index contributed by atoms with van der Waals surface area (Å²) >= 11 is 0. The van der Waals surface area contributed by atoms with Crippen molar-refractivity contribution in [2.24, 2.45) is 16.9 Å². The van der Waals surface area contributed by atoms with Crippen LogP contribution in [0.3, 0.4) is 0 Å². The Morgan fingerprint density at radius 3 is 2.77 bits per heavy atom. The molecule has 2 amide bonds. The quantitative estimate of drug-likeness (QED) is 0.734. The van der Waals surface area contributed by atoms with E-state index in [1.807, 2.05) is 0 Å². The molecule has 26 heavy (non-hydrogen) atoms. The van der Waals surface area contributed by atoms with Crippen LogP contribution in [0.15, 0.2) is 5.10 Å². The van der Waals surface area contributed by atoms with E-state index >= 15 is 0 Å². The number of amides is 2. The van der Waals surface area contributed by atoms with Crippen molar-refractivity contribution >= 4 is 27.4 Å². The van der Waals surface area contributed by atoms with Gasteiger partial charge in [0.05, 0.1) is 23.7 Å². The smallest absolute Gasteiger partial charge is 0.267 e. The molecule has 2 saturated heterocycles. The van der Waals surface area contributed by atoms with Crippen LogP contribution in [-0.4, -0.2) is 67.8 Å². The lowest BCUT2D eigenvalue weighted by Crippen LogP contribution is -2.45. The van der Waals surface area contributed by atoms with Crippen molar-refractivity contribution in [2.75, 3.05) is 24.7 Å². The lowest BCUT2D eigenvalue weighted by Gasteiger charge is -2.28. The van der Waals surface area contributed by atoms with Gasteiger partial charge >= 0.3 is 0 Å². The third-order valence-corrected chi connectivity index (χ3v) is 7.07. The predicted octanol–water partition coefficient (Wildman–Crippen LogP) is 0.329. The van der Waals surface area contributed by atoms with Crippen molar-refractivity contribution in [3.63, 3.8) is 0 Å². The van der Waals surface area contributed by atoms with E-state index in [0.29, 0.717) is 31.2 Å². The second kappa shape index (κ2) is 7.64. The third-order valence-electron chi connectivity index (χ3n) is 5.32. The molecule has 9 heteroatoms. The Kier molecular flexibility index (Phi) is 5.67. The van der Waals surface area contributed by atoms with Gasteiger partial charge < -0.3 is 10.1 Å². The highest BCUT2D eigenvalue weighted by Gasteiger charge is 2.37. The summed E-state index contributed by atoms with van der Waals surface area (Å²) in [6.45, 7) is 5.44. The molecule has 0 aromatic heterocycles. The number of sulfone groups is 1. The van der Waals surface area contributed by atoms with Crippen LogP contribution >= 0.6 is 0 Å². The zero-order valence-corrected chi connectivity index (χ0v) is 16.1. The van der Waals surface area contributed by atoms with Crippen molar-refractivity contribution in [1.82, 2.24) is 10.3 Å². The Labute approximate surface area is 154 Å². The van der Waals surface area contributed by atoms with Crippen molar-refractivity contribution in [3.8, 4) is 0 Å². The molecule has 0 aromatic carbocycles. The fraction of sp³-hybridized carbons (Fsp3) is 0.824. The van der Waals surface area contributed by atoms with Crippen LogP contribution < -0.4 is 5.32 Å². The molecule has 3 aliphatic heterocycles. The van der Waals surface area contributed by atoms with Crippen LogP contribution in [-0.2, 0) is 24.2 Å². The molecule has 3 aliphatic rings. The molecule has 0 spiro atoms. The Morgan fingerprint density at radius 2 is 2.12 bits per heavy atom. The van der Waals surface area contributed by atoms with Gasteiger partial charge in [-0.25, -0.2) is 13.4 Å². The van der Waals surface area contributed by atoms with Gasteiger partial charge in [-0.3, -0.25) is 9.59 Å². The van der Waals surface area contributed by atoms with Gasteiger partial charge in [0.25, 0.3) is 5.91 Å². The number of carbonyl (C=O) groups is 2. The van der Waals surface area contributed by atoms with E-state index in [9.17, 15) is 18.0 Å². The molecule has 0 bridgehead atoms. The first kappa shape index (κ1) is 19.3. The first-order chi connectivity index (χ1) is 12.3. The minimum absolute atomic E-state index is 0.0662. The summed E-state index contributed by atoms with van der Waals surface area (Å²) in [7, 11) is -3.12. The maximum atomic E-state index is 12.5.